The maximum Gasteiger partial charge on any atom is 0.335 e. The highest BCUT2D eigenvalue weighted by Crippen LogP contribution is 2.32. The normalized spacial score (nSPS) is 20.9. The summed E-state index contributed by atoms with van der Waals surface area (Å²) in [7, 11) is 0. The maximum atomic E-state index is 11.3. The minimum atomic E-state index is -0.923. The number of hydrogen-bond acceptors (Lipinski definition) is 5. The summed E-state index contributed by atoms with van der Waals surface area (Å²) in [4.78, 5) is 17.9. The van der Waals surface area contributed by atoms with Crippen LogP contribution < -0.4 is 4.90 Å². The number of aromatic nitrogens is 1. The van der Waals surface area contributed by atoms with Gasteiger partial charge in [0, 0.05) is 18.7 Å². The van der Waals surface area contributed by atoms with Gasteiger partial charge >= 0.3 is 5.97 Å². The van der Waals surface area contributed by atoms with Crippen LogP contribution in [0.3, 0.4) is 0 Å². The molecule has 2 aliphatic heterocycles. The van der Waals surface area contributed by atoms with E-state index in [9.17, 15) is 9.90 Å². The quantitative estimate of drug-likeness (QED) is 0.914. The largest absolute Gasteiger partial charge is 0.478 e. The molecular weight excluding hydrogens is 272 g/mol. The van der Waals surface area contributed by atoms with Gasteiger partial charge in [-0.3, -0.25) is 0 Å². The van der Waals surface area contributed by atoms with Crippen LogP contribution in [0.1, 0.15) is 35.8 Å². The Labute approximate surface area is 123 Å². The van der Waals surface area contributed by atoms with Crippen molar-refractivity contribution in [2.75, 3.05) is 31.2 Å². The molecule has 0 unspecified atom stereocenters. The van der Waals surface area contributed by atoms with Crippen molar-refractivity contribution in [2.45, 2.75) is 32.0 Å². The molecule has 114 valence electrons. The first-order chi connectivity index (χ1) is 10.1. The summed E-state index contributed by atoms with van der Waals surface area (Å²) in [6.45, 7) is 4.66. The molecule has 0 aliphatic carbocycles. The van der Waals surface area contributed by atoms with E-state index in [2.05, 4.69) is 9.88 Å². The second kappa shape index (κ2) is 5.61. The average Bonchev–Trinajstić information content (AvgIpc) is 2.94. The van der Waals surface area contributed by atoms with Crippen molar-refractivity contribution in [1.29, 1.82) is 0 Å². The van der Waals surface area contributed by atoms with Crippen molar-refractivity contribution < 1.29 is 19.4 Å². The van der Waals surface area contributed by atoms with Gasteiger partial charge in [0.2, 0.25) is 0 Å². The predicted molar refractivity (Wildman–Crippen MR) is 76.7 cm³/mol. The van der Waals surface area contributed by atoms with Gasteiger partial charge in [-0.1, -0.05) is 6.92 Å². The molecular formula is C15H20N2O4. The number of carboxylic acids is 1. The Hall–Kier alpha value is -1.66. The molecule has 0 bridgehead atoms. The van der Waals surface area contributed by atoms with Crippen molar-refractivity contribution in [3.63, 3.8) is 0 Å². The first-order valence-electron chi connectivity index (χ1n) is 7.39. The second-order valence-corrected chi connectivity index (χ2v) is 5.50. The Balaban J connectivity index is 1.88. The van der Waals surface area contributed by atoms with Crippen molar-refractivity contribution in [3.05, 3.63) is 23.4 Å². The fourth-order valence-electron chi connectivity index (χ4n) is 2.95. The Kier molecular flexibility index (Phi) is 3.82. The van der Waals surface area contributed by atoms with Crippen LogP contribution in [0.4, 0.5) is 5.82 Å². The Morgan fingerprint density at radius 2 is 2.19 bits per heavy atom. The first kappa shape index (κ1) is 14.3. The number of piperidine rings is 1. The topological polar surface area (TPSA) is 71.9 Å². The van der Waals surface area contributed by atoms with E-state index in [1.165, 1.54) is 0 Å². The molecule has 3 rings (SSSR count). The summed E-state index contributed by atoms with van der Waals surface area (Å²) >= 11 is 0. The van der Waals surface area contributed by atoms with Gasteiger partial charge in [0.15, 0.2) is 5.79 Å². The van der Waals surface area contributed by atoms with Crippen LogP contribution in [-0.4, -0.2) is 48.2 Å². The van der Waals surface area contributed by atoms with Crippen molar-refractivity contribution in [2.24, 2.45) is 0 Å². The third-order valence-corrected chi connectivity index (χ3v) is 4.03. The molecule has 3 heterocycles. The molecule has 6 nitrogen and oxygen atoms in total. The van der Waals surface area contributed by atoms with Crippen LogP contribution >= 0.6 is 0 Å². The third-order valence-electron chi connectivity index (χ3n) is 4.03. The lowest BCUT2D eigenvalue weighted by molar-refractivity contribution is -0.161. The molecule has 0 radical (unpaired) electrons. The molecule has 0 amide bonds. The monoisotopic (exact) mass is 292 g/mol. The average molecular weight is 292 g/mol. The molecule has 2 aliphatic rings. The standard InChI is InChI=1S/C15H20N2O4/c1-2-12-8-11(14(18)19)9-13(16-12)17-5-3-4-15(10-17)20-6-7-21-15/h8-9H,2-7,10H2,1H3,(H,18,19). The zero-order valence-electron chi connectivity index (χ0n) is 12.2. The molecule has 2 saturated heterocycles. The number of nitrogens with zero attached hydrogens (tertiary/aromatic N) is 2. The second-order valence-electron chi connectivity index (χ2n) is 5.50. The van der Waals surface area contributed by atoms with Crippen LogP contribution in [0.5, 0.6) is 0 Å². The number of rotatable bonds is 3. The number of carboxylic acid groups (broad SMARTS) is 1. The van der Waals surface area contributed by atoms with Crippen LogP contribution in [0.25, 0.3) is 0 Å². The SMILES string of the molecule is CCc1cc(C(=O)O)cc(N2CCCC3(C2)OCCO3)n1. The smallest absolute Gasteiger partial charge is 0.335 e. The lowest BCUT2D eigenvalue weighted by Crippen LogP contribution is -2.49. The van der Waals surface area contributed by atoms with E-state index in [0.29, 0.717) is 32.0 Å². The molecule has 0 saturated carbocycles. The van der Waals surface area contributed by atoms with Crippen LogP contribution in [-0.2, 0) is 15.9 Å². The van der Waals surface area contributed by atoms with E-state index in [1.807, 2.05) is 6.92 Å². The maximum absolute atomic E-state index is 11.3. The van der Waals surface area contributed by atoms with Gasteiger partial charge in [-0.05, 0) is 25.0 Å². The Bertz CT molecular complexity index is 540. The predicted octanol–water partition coefficient (Wildman–Crippen LogP) is 1.69. The van der Waals surface area contributed by atoms with Crippen LogP contribution in [0.2, 0.25) is 0 Å². The number of anilines is 1. The van der Waals surface area contributed by atoms with Gasteiger partial charge in [-0.15, -0.1) is 0 Å². The van der Waals surface area contributed by atoms with Gasteiger partial charge in [0.25, 0.3) is 0 Å². The molecule has 0 atom stereocenters. The summed E-state index contributed by atoms with van der Waals surface area (Å²) in [6, 6.07) is 3.27. The molecule has 0 aromatic carbocycles. The van der Waals surface area contributed by atoms with Gasteiger partial charge in [-0.25, -0.2) is 9.78 Å². The molecule has 21 heavy (non-hydrogen) atoms. The third kappa shape index (κ3) is 2.87. The zero-order valence-corrected chi connectivity index (χ0v) is 12.2. The molecule has 1 aromatic rings. The molecule has 1 spiro atoms. The number of pyridine rings is 1. The van der Waals surface area contributed by atoms with Crippen molar-refractivity contribution >= 4 is 11.8 Å². The summed E-state index contributed by atoms with van der Waals surface area (Å²) in [5, 5.41) is 9.24. The molecule has 2 fully saturated rings. The number of aryl methyl sites for hydroxylation is 1. The Morgan fingerprint density at radius 3 is 2.86 bits per heavy atom. The summed E-state index contributed by atoms with van der Waals surface area (Å²) in [5.74, 6) is -0.760. The zero-order chi connectivity index (χ0) is 14.9. The van der Waals surface area contributed by atoms with Gasteiger partial charge in [0.05, 0.1) is 25.3 Å². The van der Waals surface area contributed by atoms with E-state index in [-0.39, 0.29) is 5.56 Å². The van der Waals surface area contributed by atoms with Crippen molar-refractivity contribution in [1.82, 2.24) is 4.98 Å². The first-order valence-corrected chi connectivity index (χ1v) is 7.39. The van der Waals surface area contributed by atoms with Gasteiger partial charge in [-0.2, -0.15) is 0 Å². The minimum Gasteiger partial charge on any atom is -0.478 e. The lowest BCUT2D eigenvalue weighted by Gasteiger charge is -2.39. The molecule has 6 heteroatoms. The van der Waals surface area contributed by atoms with E-state index in [4.69, 9.17) is 9.47 Å². The van der Waals surface area contributed by atoms with Crippen LogP contribution in [0.15, 0.2) is 12.1 Å². The number of ether oxygens (including phenoxy) is 2. The minimum absolute atomic E-state index is 0.282. The highest BCUT2D eigenvalue weighted by Gasteiger charge is 2.41. The summed E-state index contributed by atoms with van der Waals surface area (Å²) in [6.07, 6.45) is 2.53. The molecule has 1 N–H and O–H groups in total. The Morgan fingerprint density at radius 1 is 1.43 bits per heavy atom. The fraction of sp³-hybridized carbons (Fsp3) is 0.600. The lowest BCUT2D eigenvalue weighted by atomic mass is 10.0. The summed E-state index contributed by atoms with van der Waals surface area (Å²) < 4.78 is 11.5. The van der Waals surface area contributed by atoms with Crippen molar-refractivity contribution in [3.8, 4) is 0 Å². The summed E-state index contributed by atoms with van der Waals surface area (Å²) in [5.41, 5.74) is 1.07. The van der Waals surface area contributed by atoms with Crippen LogP contribution in [0, 0.1) is 0 Å². The van der Waals surface area contributed by atoms with Gasteiger partial charge in [0.1, 0.15) is 5.82 Å². The highest BCUT2D eigenvalue weighted by atomic mass is 16.7. The fourth-order valence-corrected chi connectivity index (χ4v) is 2.95. The van der Waals surface area contributed by atoms with E-state index in [1.54, 1.807) is 12.1 Å². The van der Waals surface area contributed by atoms with E-state index < -0.39 is 11.8 Å². The molecule has 1 aromatic heterocycles. The number of aromatic carboxylic acids is 1. The van der Waals surface area contributed by atoms with E-state index in [0.717, 1.165) is 25.1 Å². The van der Waals surface area contributed by atoms with Gasteiger partial charge < -0.3 is 19.5 Å². The number of hydrogen-bond donors (Lipinski definition) is 1. The number of carbonyl (C=O) groups is 1. The van der Waals surface area contributed by atoms with E-state index >= 15 is 0 Å². The highest BCUT2D eigenvalue weighted by molar-refractivity contribution is 5.88.